The van der Waals surface area contributed by atoms with Gasteiger partial charge in [-0.2, -0.15) is 0 Å². The highest BCUT2D eigenvalue weighted by atomic mass is 32.1. The molecule has 1 aromatic carbocycles. The van der Waals surface area contributed by atoms with Crippen LogP contribution in [0.5, 0.6) is 0 Å². The van der Waals surface area contributed by atoms with E-state index in [4.69, 9.17) is 4.42 Å². The monoisotopic (exact) mass is 368 g/mol. The fraction of sp³-hybridized carbons (Fsp3) is 0.286. The minimum absolute atomic E-state index is 0.0473. The van der Waals surface area contributed by atoms with Gasteiger partial charge >= 0.3 is 0 Å². The van der Waals surface area contributed by atoms with Crippen LogP contribution in [0, 0.1) is 0 Å². The fourth-order valence-electron chi connectivity index (χ4n) is 2.82. The molecule has 1 unspecified atom stereocenters. The summed E-state index contributed by atoms with van der Waals surface area (Å²) in [6.45, 7) is 0.611. The lowest BCUT2D eigenvalue weighted by molar-refractivity contribution is -0.121. The second-order valence-electron chi connectivity index (χ2n) is 6.43. The van der Waals surface area contributed by atoms with Crippen LogP contribution < -0.4 is 5.32 Å². The van der Waals surface area contributed by atoms with E-state index >= 15 is 0 Å². The molecule has 0 radical (unpaired) electrons. The summed E-state index contributed by atoms with van der Waals surface area (Å²) in [5.74, 6) is 1.72. The van der Waals surface area contributed by atoms with Crippen LogP contribution >= 0.6 is 11.3 Å². The highest BCUT2D eigenvalue weighted by Crippen LogP contribution is 2.23. The van der Waals surface area contributed by atoms with Gasteiger partial charge in [-0.25, -0.2) is 0 Å². The minimum Gasteiger partial charge on any atom is -0.461 e. The van der Waals surface area contributed by atoms with Crippen LogP contribution in [0.3, 0.4) is 0 Å². The Kier molecular flexibility index (Phi) is 6.26. The van der Waals surface area contributed by atoms with E-state index in [2.05, 4.69) is 21.7 Å². The van der Waals surface area contributed by atoms with Crippen molar-refractivity contribution >= 4 is 17.2 Å². The molecule has 0 fully saturated rings. The number of carbonyl (C=O) groups is 1. The van der Waals surface area contributed by atoms with Gasteiger partial charge < -0.3 is 14.6 Å². The van der Waals surface area contributed by atoms with Gasteiger partial charge in [-0.1, -0.05) is 36.4 Å². The first-order valence-electron chi connectivity index (χ1n) is 8.74. The second kappa shape index (κ2) is 8.83. The van der Waals surface area contributed by atoms with Crippen LogP contribution in [-0.2, 0) is 11.2 Å². The molecular formula is C21H24N2O2S. The van der Waals surface area contributed by atoms with Crippen molar-refractivity contribution in [1.82, 2.24) is 10.2 Å². The first-order chi connectivity index (χ1) is 12.6. The summed E-state index contributed by atoms with van der Waals surface area (Å²) >= 11 is 1.71. The molecule has 2 aromatic heterocycles. The predicted octanol–water partition coefficient (Wildman–Crippen LogP) is 4.36. The van der Waals surface area contributed by atoms with E-state index in [0.29, 0.717) is 19.4 Å². The molecule has 3 aromatic rings. The number of amides is 1. The molecule has 0 aliphatic rings. The van der Waals surface area contributed by atoms with E-state index in [-0.39, 0.29) is 11.9 Å². The Morgan fingerprint density at radius 1 is 1.12 bits per heavy atom. The number of nitrogens with zero attached hydrogens (tertiary/aromatic N) is 1. The van der Waals surface area contributed by atoms with Crippen molar-refractivity contribution in [3.63, 3.8) is 0 Å². The molecule has 2 heterocycles. The Bertz CT molecular complexity index is 810. The summed E-state index contributed by atoms with van der Waals surface area (Å²) in [6.07, 6.45) is 1.02. The fourth-order valence-corrected chi connectivity index (χ4v) is 3.75. The van der Waals surface area contributed by atoms with Crippen LogP contribution in [0.25, 0.3) is 11.3 Å². The summed E-state index contributed by atoms with van der Waals surface area (Å²) in [4.78, 5) is 15.6. The van der Waals surface area contributed by atoms with Gasteiger partial charge in [0, 0.05) is 29.8 Å². The Balaban J connectivity index is 1.49. The number of rotatable bonds is 8. The van der Waals surface area contributed by atoms with Gasteiger partial charge in [-0.05, 0) is 37.7 Å². The van der Waals surface area contributed by atoms with Crippen LogP contribution in [0.2, 0.25) is 0 Å². The molecule has 26 heavy (non-hydrogen) atoms. The minimum atomic E-state index is 0.0473. The van der Waals surface area contributed by atoms with Crippen LogP contribution in [0.15, 0.2) is 64.4 Å². The molecule has 0 bridgehead atoms. The lowest BCUT2D eigenvalue weighted by atomic mass is 10.2. The van der Waals surface area contributed by atoms with Gasteiger partial charge in [-0.15, -0.1) is 11.3 Å². The summed E-state index contributed by atoms with van der Waals surface area (Å²) in [5.41, 5.74) is 1.05. The number of nitrogens with one attached hydrogen (secondary N) is 1. The van der Waals surface area contributed by atoms with Gasteiger partial charge in [0.2, 0.25) is 5.91 Å². The Morgan fingerprint density at radius 3 is 2.62 bits per heavy atom. The van der Waals surface area contributed by atoms with Gasteiger partial charge in [0.15, 0.2) is 0 Å². The van der Waals surface area contributed by atoms with E-state index in [0.717, 1.165) is 17.1 Å². The van der Waals surface area contributed by atoms with Gasteiger partial charge in [0.05, 0.1) is 6.04 Å². The third-order valence-electron chi connectivity index (χ3n) is 4.31. The maximum Gasteiger partial charge on any atom is 0.220 e. The predicted molar refractivity (Wildman–Crippen MR) is 106 cm³/mol. The highest BCUT2D eigenvalue weighted by molar-refractivity contribution is 7.10. The Hall–Kier alpha value is -2.37. The van der Waals surface area contributed by atoms with Crippen molar-refractivity contribution in [1.29, 1.82) is 0 Å². The topological polar surface area (TPSA) is 45.5 Å². The van der Waals surface area contributed by atoms with Crippen molar-refractivity contribution in [2.24, 2.45) is 0 Å². The summed E-state index contributed by atoms with van der Waals surface area (Å²) in [7, 11) is 4.06. The number of aryl methyl sites for hydroxylation is 1. The first kappa shape index (κ1) is 18.4. The van der Waals surface area contributed by atoms with Crippen molar-refractivity contribution < 1.29 is 9.21 Å². The van der Waals surface area contributed by atoms with E-state index in [9.17, 15) is 4.79 Å². The van der Waals surface area contributed by atoms with Crippen LogP contribution in [0.1, 0.15) is 23.1 Å². The number of likely N-dealkylation sites (N-methyl/N-ethyl adjacent to an activating group) is 1. The normalized spacial score (nSPS) is 12.3. The second-order valence-corrected chi connectivity index (χ2v) is 7.41. The van der Waals surface area contributed by atoms with Crippen molar-refractivity contribution in [2.45, 2.75) is 18.9 Å². The molecular weight excluding hydrogens is 344 g/mol. The first-order valence-corrected chi connectivity index (χ1v) is 9.62. The number of hydrogen-bond acceptors (Lipinski definition) is 4. The van der Waals surface area contributed by atoms with Crippen LogP contribution in [0.4, 0.5) is 0 Å². The highest BCUT2D eigenvalue weighted by Gasteiger charge is 2.16. The number of thiophene rings is 1. The third-order valence-corrected chi connectivity index (χ3v) is 5.28. The average Bonchev–Trinajstić information content (AvgIpc) is 3.33. The molecule has 1 atom stereocenters. The lowest BCUT2D eigenvalue weighted by Gasteiger charge is -2.23. The molecule has 0 saturated heterocycles. The molecule has 0 aliphatic carbocycles. The number of benzene rings is 1. The van der Waals surface area contributed by atoms with Gasteiger partial charge in [0.25, 0.3) is 0 Å². The zero-order valence-electron chi connectivity index (χ0n) is 15.1. The summed E-state index contributed by atoms with van der Waals surface area (Å²) < 4.78 is 5.86. The molecule has 0 spiro atoms. The van der Waals surface area contributed by atoms with E-state index in [1.165, 1.54) is 4.88 Å². The van der Waals surface area contributed by atoms with Gasteiger partial charge in [0.1, 0.15) is 11.5 Å². The molecule has 1 amide bonds. The average molecular weight is 369 g/mol. The molecule has 3 rings (SSSR count). The van der Waals surface area contributed by atoms with Crippen molar-refractivity contribution in [3.05, 3.63) is 70.6 Å². The molecule has 4 nitrogen and oxygen atoms in total. The number of furan rings is 1. The maximum atomic E-state index is 12.2. The molecule has 1 N–H and O–H groups in total. The smallest absolute Gasteiger partial charge is 0.220 e. The van der Waals surface area contributed by atoms with E-state index in [1.54, 1.807) is 11.3 Å². The van der Waals surface area contributed by atoms with Crippen molar-refractivity contribution in [2.75, 3.05) is 20.6 Å². The quantitative estimate of drug-likeness (QED) is 0.642. The number of carbonyl (C=O) groups excluding carboxylic acids is 1. The van der Waals surface area contributed by atoms with E-state index < -0.39 is 0 Å². The summed E-state index contributed by atoms with van der Waals surface area (Å²) in [6, 6.07) is 18.2. The molecule has 0 saturated carbocycles. The maximum absolute atomic E-state index is 12.2. The zero-order valence-corrected chi connectivity index (χ0v) is 16.0. The van der Waals surface area contributed by atoms with Crippen molar-refractivity contribution in [3.8, 4) is 11.3 Å². The Labute approximate surface area is 158 Å². The molecule has 5 heteroatoms. The summed E-state index contributed by atoms with van der Waals surface area (Å²) in [5, 5.41) is 5.11. The lowest BCUT2D eigenvalue weighted by Crippen LogP contribution is -2.34. The third kappa shape index (κ3) is 4.84. The Morgan fingerprint density at radius 2 is 1.92 bits per heavy atom. The largest absolute Gasteiger partial charge is 0.461 e. The number of hydrogen-bond donors (Lipinski definition) is 1. The SMILES string of the molecule is CN(C)C(CNC(=O)CCc1ccc(-c2ccccc2)o1)c1cccs1. The molecule has 136 valence electrons. The van der Waals surface area contributed by atoms with Gasteiger partial charge in [-0.3, -0.25) is 4.79 Å². The molecule has 0 aliphatic heterocycles. The van der Waals surface area contributed by atoms with E-state index in [1.807, 2.05) is 62.6 Å². The zero-order chi connectivity index (χ0) is 18.4. The standard InChI is InChI=1S/C21H24N2O2S/c1-23(2)18(20-9-6-14-26-20)15-22-21(24)13-11-17-10-12-19(25-17)16-7-4-3-5-8-16/h3-10,12,14,18H,11,13,15H2,1-2H3,(H,22,24). The van der Waals surface area contributed by atoms with Crippen LogP contribution in [-0.4, -0.2) is 31.4 Å².